The van der Waals surface area contributed by atoms with Crippen LogP contribution in [-0.2, 0) is 0 Å². The molecule has 0 spiro atoms. The molecule has 2 heterocycles. The van der Waals surface area contributed by atoms with E-state index in [1.807, 2.05) is 0 Å². The van der Waals surface area contributed by atoms with Crippen molar-refractivity contribution in [3.05, 3.63) is 30.3 Å². The van der Waals surface area contributed by atoms with E-state index in [1.165, 1.54) is 18.2 Å². The van der Waals surface area contributed by atoms with Gasteiger partial charge in [0, 0.05) is 56.9 Å². The van der Waals surface area contributed by atoms with Gasteiger partial charge < -0.3 is 20.3 Å². The van der Waals surface area contributed by atoms with Crippen molar-refractivity contribution in [2.45, 2.75) is 25.2 Å². The number of halogens is 3. The number of alkyl halides is 3. The summed E-state index contributed by atoms with van der Waals surface area (Å²) in [5.41, 5.74) is 1.07. The molecule has 0 radical (unpaired) electrons. The largest absolute Gasteiger partial charge is 0.573 e. The highest BCUT2D eigenvalue weighted by Gasteiger charge is 2.31. The second kappa shape index (κ2) is 9.27. The van der Waals surface area contributed by atoms with Gasteiger partial charge >= 0.3 is 6.36 Å². The van der Waals surface area contributed by atoms with Gasteiger partial charge in [0.1, 0.15) is 11.6 Å². The number of hydrogen-bond donors (Lipinski definition) is 2. The van der Waals surface area contributed by atoms with E-state index in [4.69, 9.17) is 0 Å². The Hall–Kier alpha value is -2.59. The maximum absolute atomic E-state index is 12.6. The second-order valence-electron chi connectivity index (χ2n) is 8.03. The van der Waals surface area contributed by atoms with E-state index < -0.39 is 6.36 Å². The number of nitrogens with one attached hydrogen (secondary N) is 2. The molecule has 31 heavy (non-hydrogen) atoms. The van der Waals surface area contributed by atoms with E-state index >= 15 is 0 Å². The SMILES string of the molecule is CN1CCN(CCNc2cc(-c3cccc(OC(F)(F)F)c3)nc(NC3CC3)n2)CC1. The highest BCUT2D eigenvalue weighted by atomic mass is 19.4. The van der Waals surface area contributed by atoms with Crippen LogP contribution in [0.1, 0.15) is 12.8 Å². The van der Waals surface area contributed by atoms with Gasteiger partial charge in [0.15, 0.2) is 0 Å². The third-order valence-corrected chi connectivity index (χ3v) is 5.33. The van der Waals surface area contributed by atoms with Crippen molar-refractivity contribution in [3.63, 3.8) is 0 Å². The summed E-state index contributed by atoms with van der Waals surface area (Å²) >= 11 is 0. The van der Waals surface area contributed by atoms with Crippen molar-refractivity contribution < 1.29 is 17.9 Å². The Balaban J connectivity index is 1.47. The Bertz CT molecular complexity index is 882. The number of aromatic nitrogens is 2. The summed E-state index contributed by atoms with van der Waals surface area (Å²) in [5, 5.41) is 6.62. The summed E-state index contributed by atoms with van der Waals surface area (Å²) in [6, 6.07) is 7.96. The van der Waals surface area contributed by atoms with E-state index in [0.717, 1.165) is 52.1 Å². The zero-order valence-electron chi connectivity index (χ0n) is 17.5. The molecule has 1 saturated carbocycles. The number of ether oxygens (including phenoxy) is 1. The first-order chi connectivity index (χ1) is 14.8. The number of piperazine rings is 1. The Labute approximate surface area is 179 Å². The molecule has 4 rings (SSSR count). The van der Waals surface area contributed by atoms with Crippen LogP contribution >= 0.6 is 0 Å². The fourth-order valence-electron chi connectivity index (χ4n) is 3.43. The highest BCUT2D eigenvalue weighted by Crippen LogP contribution is 2.30. The maximum Gasteiger partial charge on any atom is 0.573 e. The molecule has 0 amide bonds. The van der Waals surface area contributed by atoms with Gasteiger partial charge in [-0.3, -0.25) is 4.90 Å². The predicted octanol–water partition coefficient (Wildman–Crippen LogP) is 3.28. The predicted molar refractivity (Wildman–Crippen MR) is 113 cm³/mol. The van der Waals surface area contributed by atoms with Crippen LogP contribution in [0.2, 0.25) is 0 Å². The van der Waals surface area contributed by atoms with Crippen LogP contribution in [0.5, 0.6) is 5.75 Å². The molecule has 1 aliphatic carbocycles. The lowest BCUT2D eigenvalue weighted by Crippen LogP contribution is -2.45. The van der Waals surface area contributed by atoms with Gasteiger partial charge in [-0.15, -0.1) is 13.2 Å². The molecule has 2 aromatic rings. The molecular weight excluding hydrogens is 409 g/mol. The number of likely N-dealkylation sites (N-methyl/N-ethyl adjacent to an activating group) is 1. The van der Waals surface area contributed by atoms with Gasteiger partial charge in [0.25, 0.3) is 0 Å². The van der Waals surface area contributed by atoms with Crippen molar-refractivity contribution in [2.75, 3.05) is 56.9 Å². The minimum atomic E-state index is -4.74. The summed E-state index contributed by atoms with van der Waals surface area (Å²) in [4.78, 5) is 13.8. The molecule has 0 atom stereocenters. The van der Waals surface area contributed by atoms with Gasteiger partial charge in [-0.2, -0.15) is 4.98 Å². The Morgan fingerprint density at radius 1 is 1.10 bits per heavy atom. The van der Waals surface area contributed by atoms with E-state index in [9.17, 15) is 13.2 Å². The molecular formula is C21H27F3N6O. The molecule has 0 bridgehead atoms. The van der Waals surface area contributed by atoms with Gasteiger partial charge in [0.05, 0.1) is 5.69 Å². The smallest absolute Gasteiger partial charge is 0.406 e. The monoisotopic (exact) mass is 436 g/mol. The average molecular weight is 436 g/mol. The zero-order chi connectivity index (χ0) is 21.8. The number of hydrogen-bond acceptors (Lipinski definition) is 7. The van der Waals surface area contributed by atoms with Gasteiger partial charge in [-0.25, -0.2) is 4.98 Å². The van der Waals surface area contributed by atoms with Crippen molar-refractivity contribution in [3.8, 4) is 17.0 Å². The van der Waals surface area contributed by atoms with Crippen LogP contribution in [0.15, 0.2) is 30.3 Å². The lowest BCUT2D eigenvalue weighted by Gasteiger charge is -2.32. The van der Waals surface area contributed by atoms with Crippen molar-refractivity contribution in [1.82, 2.24) is 19.8 Å². The van der Waals surface area contributed by atoms with Crippen molar-refractivity contribution in [1.29, 1.82) is 0 Å². The van der Waals surface area contributed by atoms with Crippen LogP contribution in [0.25, 0.3) is 11.3 Å². The van der Waals surface area contributed by atoms with E-state index in [1.54, 1.807) is 12.1 Å². The molecule has 7 nitrogen and oxygen atoms in total. The normalized spacial score (nSPS) is 18.1. The first-order valence-electron chi connectivity index (χ1n) is 10.5. The van der Waals surface area contributed by atoms with Crippen LogP contribution in [0, 0.1) is 0 Å². The van der Waals surface area contributed by atoms with E-state index in [0.29, 0.717) is 29.1 Å². The summed E-state index contributed by atoms with van der Waals surface area (Å²) in [7, 11) is 2.13. The third-order valence-electron chi connectivity index (χ3n) is 5.33. The van der Waals surface area contributed by atoms with E-state index in [-0.39, 0.29) is 5.75 Å². The summed E-state index contributed by atoms with van der Waals surface area (Å²) in [6.07, 6.45) is -2.61. The lowest BCUT2D eigenvalue weighted by atomic mass is 10.1. The summed E-state index contributed by atoms with van der Waals surface area (Å²) < 4.78 is 41.8. The van der Waals surface area contributed by atoms with Gasteiger partial charge in [-0.1, -0.05) is 12.1 Å². The maximum atomic E-state index is 12.6. The Kier molecular flexibility index (Phi) is 6.47. The Morgan fingerprint density at radius 2 is 1.87 bits per heavy atom. The molecule has 2 fully saturated rings. The first kappa shape index (κ1) is 21.6. The standard InChI is InChI=1S/C21H27F3N6O/c1-29-9-11-30(12-10-29)8-7-25-19-14-18(27-20(28-19)26-16-5-6-16)15-3-2-4-17(13-15)31-21(22,23)24/h2-4,13-14,16H,5-12H2,1H3,(H2,25,26,27,28). The minimum absolute atomic E-state index is 0.273. The number of rotatable bonds is 8. The van der Waals surface area contributed by atoms with Crippen molar-refractivity contribution >= 4 is 11.8 Å². The topological polar surface area (TPSA) is 65.5 Å². The fraction of sp³-hybridized carbons (Fsp3) is 0.524. The van der Waals surface area contributed by atoms with Gasteiger partial charge in [-0.05, 0) is 32.0 Å². The number of benzene rings is 1. The first-order valence-corrected chi connectivity index (χ1v) is 10.5. The molecule has 168 valence electrons. The van der Waals surface area contributed by atoms with Crippen molar-refractivity contribution in [2.24, 2.45) is 0 Å². The lowest BCUT2D eigenvalue weighted by molar-refractivity contribution is -0.274. The molecule has 2 N–H and O–H groups in total. The molecule has 10 heteroatoms. The molecule has 1 aliphatic heterocycles. The average Bonchev–Trinajstić information content (AvgIpc) is 3.52. The summed E-state index contributed by atoms with van der Waals surface area (Å²) in [5.74, 6) is 0.846. The summed E-state index contributed by atoms with van der Waals surface area (Å²) in [6.45, 7) is 5.81. The molecule has 2 aliphatic rings. The molecule has 1 saturated heterocycles. The molecule has 0 unspecified atom stereocenters. The second-order valence-corrected chi connectivity index (χ2v) is 8.03. The van der Waals surface area contributed by atoms with E-state index in [2.05, 4.69) is 42.2 Å². The third kappa shape index (κ3) is 6.70. The highest BCUT2D eigenvalue weighted by molar-refractivity contribution is 5.66. The molecule has 1 aromatic heterocycles. The quantitative estimate of drug-likeness (QED) is 0.658. The zero-order valence-corrected chi connectivity index (χ0v) is 17.5. The van der Waals surface area contributed by atoms with Crippen LogP contribution in [0.3, 0.4) is 0 Å². The number of nitrogens with zero attached hydrogens (tertiary/aromatic N) is 4. The Morgan fingerprint density at radius 3 is 2.58 bits per heavy atom. The van der Waals surface area contributed by atoms with Crippen LogP contribution in [-0.4, -0.2) is 78.5 Å². The van der Waals surface area contributed by atoms with Gasteiger partial charge in [0.2, 0.25) is 5.95 Å². The number of anilines is 2. The van der Waals surface area contributed by atoms with Crippen LogP contribution in [0.4, 0.5) is 24.9 Å². The minimum Gasteiger partial charge on any atom is -0.406 e. The fourth-order valence-corrected chi connectivity index (χ4v) is 3.43. The molecule has 1 aromatic carbocycles. The van der Waals surface area contributed by atoms with Crippen LogP contribution < -0.4 is 15.4 Å².